The molecule has 1 amide bonds. The molecule has 0 aromatic heterocycles. The lowest BCUT2D eigenvalue weighted by molar-refractivity contribution is -0.122. The summed E-state index contributed by atoms with van der Waals surface area (Å²) in [6.45, 7) is 1.82. The topological polar surface area (TPSA) is 65.1 Å². The lowest BCUT2D eigenvalue weighted by Gasteiger charge is -2.22. The van der Waals surface area contributed by atoms with Gasteiger partial charge < -0.3 is 19.1 Å². The van der Waals surface area contributed by atoms with E-state index in [0.717, 1.165) is 17.7 Å². The van der Waals surface area contributed by atoms with Crippen LogP contribution in [-0.4, -0.2) is 31.3 Å². The van der Waals surface area contributed by atoms with E-state index in [1.807, 2.05) is 31.2 Å². The van der Waals surface area contributed by atoms with Crippen LogP contribution >= 0.6 is 0 Å². The molecule has 0 saturated heterocycles. The normalized spacial score (nSPS) is 17.3. The third-order valence-electron chi connectivity index (χ3n) is 4.41. The van der Waals surface area contributed by atoms with Gasteiger partial charge in [-0.15, -0.1) is 0 Å². The van der Waals surface area contributed by atoms with Gasteiger partial charge in [0.05, 0.1) is 5.56 Å². The molecular weight excluding hydrogens is 322 g/mol. The number of carbonyl (C=O) groups excluding carboxylic acids is 2. The number of hydrogen-bond donors (Lipinski definition) is 0. The van der Waals surface area contributed by atoms with Gasteiger partial charge in [0.15, 0.2) is 18.1 Å². The molecule has 2 heterocycles. The minimum absolute atomic E-state index is 0.0501. The second-order valence-electron chi connectivity index (χ2n) is 6.09. The Balaban J connectivity index is 1.43. The molecule has 0 aliphatic carbocycles. The molecule has 2 aromatic rings. The Labute approximate surface area is 144 Å². The van der Waals surface area contributed by atoms with Gasteiger partial charge in [-0.05, 0) is 43.2 Å². The molecule has 6 heteroatoms. The summed E-state index contributed by atoms with van der Waals surface area (Å²) in [7, 11) is 0. The predicted molar refractivity (Wildman–Crippen MR) is 89.9 cm³/mol. The van der Waals surface area contributed by atoms with Gasteiger partial charge in [0, 0.05) is 11.7 Å². The number of nitrogens with zero attached hydrogens (tertiary/aromatic N) is 1. The highest BCUT2D eigenvalue weighted by molar-refractivity contribution is 5.99. The van der Waals surface area contributed by atoms with E-state index in [2.05, 4.69) is 0 Å². The van der Waals surface area contributed by atoms with Gasteiger partial charge in [-0.1, -0.05) is 18.2 Å². The molecule has 0 N–H and O–H groups in total. The van der Waals surface area contributed by atoms with Crippen molar-refractivity contribution in [3.63, 3.8) is 0 Å². The Bertz CT molecular complexity index is 847. The summed E-state index contributed by atoms with van der Waals surface area (Å²) in [5, 5.41) is 0. The van der Waals surface area contributed by atoms with Crippen LogP contribution in [0.3, 0.4) is 0 Å². The number of amides is 1. The molecule has 1 unspecified atom stereocenters. The molecule has 0 fully saturated rings. The van der Waals surface area contributed by atoms with Crippen LogP contribution in [0.2, 0.25) is 0 Å². The highest BCUT2D eigenvalue weighted by atomic mass is 16.7. The van der Waals surface area contributed by atoms with E-state index < -0.39 is 5.97 Å². The average Bonchev–Trinajstić information content (AvgIpc) is 3.21. The number of fused-ring (bicyclic) bond motifs is 2. The van der Waals surface area contributed by atoms with Gasteiger partial charge in [0.2, 0.25) is 6.79 Å². The highest BCUT2D eigenvalue weighted by Crippen LogP contribution is 2.33. The molecule has 1 atom stereocenters. The van der Waals surface area contributed by atoms with Crippen LogP contribution in [0.1, 0.15) is 22.8 Å². The first-order valence-corrected chi connectivity index (χ1v) is 8.10. The van der Waals surface area contributed by atoms with Crippen molar-refractivity contribution >= 4 is 17.6 Å². The SMILES string of the molecule is CC1Cc2ccccc2N1C(=O)COC(=O)c1ccc2c(c1)OCO2. The molecule has 2 aromatic carbocycles. The fourth-order valence-corrected chi connectivity index (χ4v) is 3.25. The summed E-state index contributed by atoms with van der Waals surface area (Å²) < 4.78 is 15.7. The minimum Gasteiger partial charge on any atom is -0.454 e. The third kappa shape index (κ3) is 2.80. The highest BCUT2D eigenvalue weighted by Gasteiger charge is 2.31. The first-order chi connectivity index (χ1) is 12.1. The summed E-state index contributed by atoms with van der Waals surface area (Å²) in [6, 6.07) is 12.6. The van der Waals surface area contributed by atoms with Crippen LogP contribution in [0.25, 0.3) is 0 Å². The summed E-state index contributed by atoms with van der Waals surface area (Å²) in [5.41, 5.74) is 2.34. The molecule has 128 valence electrons. The Morgan fingerprint density at radius 1 is 1.16 bits per heavy atom. The maximum atomic E-state index is 12.5. The molecule has 0 saturated carbocycles. The minimum atomic E-state index is -0.563. The Kier molecular flexibility index (Phi) is 3.80. The predicted octanol–water partition coefficient (Wildman–Crippen LogP) is 2.55. The van der Waals surface area contributed by atoms with Crippen molar-refractivity contribution in [3.05, 3.63) is 53.6 Å². The van der Waals surface area contributed by atoms with E-state index in [4.69, 9.17) is 14.2 Å². The number of hydrogen-bond acceptors (Lipinski definition) is 5. The number of anilines is 1. The molecule has 25 heavy (non-hydrogen) atoms. The summed E-state index contributed by atoms with van der Waals surface area (Å²) in [4.78, 5) is 26.4. The fourth-order valence-electron chi connectivity index (χ4n) is 3.25. The molecule has 0 spiro atoms. The molecule has 0 radical (unpaired) electrons. The van der Waals surface area contributed by atoms with Crippen LogP contribution in [0.4, 0.5) is 5.69 Å². The summed E-state index contributed by atoms with van der Waals surface area (Å²) in [6.07, 6.45) is 0.804. The van der Waals surface area contributed by atoms with E-state index in [-0.39, 0.29) is 25.3 Å². The van der Waals surface area contributed by atoms with Crippen LogP contribution in [0.15, 0.2) is 42.5 Å². The van der Waals surface area contributed by atoms with Gasteiger partial charge in [0.1, 0.15) is 0 Å². The first kappa shape index (κ1) is 15.5. The van der Waals surface area contributed by atoms with E-state index in [1.54, 1.807) is 23.1 Å². The van der Waals surface area contributed by atoms with E-state index in [1.165, 1.54) is 0 Å². The quantitative estimate of drug-likeness (QED) is 0.804. The van der Waals surface area contributed by atoms with Gasteiger partial charge in [-0.2, -0.15) is 0 Å². The van der Waals surface area contributed by atoms with Crippen molar-refractivity contribution in [2.75, 3.05) is 18.3 Å². The Morgan fingerprint density at radius 2 is 1.96 bits per heavy atom. The maximum absolute atomic E-state index is 12.5. The zero-order chi connectivity index (χ0) is 17.4. The molecule has 0 bridgehead atoms. The number of esters is 1. The number of ether oxygens (including phenoxy) is 3. The molecule has 6 nitrogen and oxygen atoms in total. The standard InChI is InChI=1S/C19H17NO5/c1-12-8-13-4-2-3-5-15(13)20(12)18(21)10-23-19(22)14-6-7-16-17(9-14)25-11-24-16/h2-7,9,12H,8,10-11H2,1H3. The second kappa shape index (κ2) is 6.12. The van der Waals surface area contributed by atoms with Gasteiger partial charge >= 0.3 is 5.97 Å². The van der Waals surface area contributed by atoms with Gasteiger partial charge in [-0.3, -0.25) is 4.79 Å². The zero-order valence-corrected chi connectivity index (χ0v) is 13.7. The Hall–Kier alpha value is -3.02. The van der Waals surface area contributed by atoms with Crippen molar-refractivity contribution in [2.45, 2.75) is 19.4 Å². The van der Waals surface area contributed by atoms with Crippen molar-refractivity contribution in [1.82, 2.24) is 0 Å². The van der Waals surface area contributed by atoms with E-state index in [0.29, 0.717) is 17.1 Å². The molecule has 2 aliphatic rings. The van der Waals surface area contributed by atoms with E-state index >= 15 is 0 Å². The molecule has 4 rings (SSSR count). The van der Waals surface area contributed by atoms with Crippen molar-refractivity contribution in [2.24, 2.45) is 0 Å². The maximum Gasteiger partial charge on any atom is 0.338 e. The smallest absolute Gasteiger partial charge is 0.338 e. The fraction of sp³-hybridized carbons (Fsp3) is 0.263. The van der Waals surface area contributed by atoms with Crippen LogP contribution < -0.4 is 14.4 Å². The second-order valence-corrected chi connectivity index (χ2v) is 6.09. The number of carbonyl (C=O) groups is 2. The van der Waals surface area contributed by atoms with E-state index in [9.17, 15) is 9.59 Å². The third-order valence-corrected chi connectivity index (χ3v) is 4.41. The van der Waals surface area contributed by atoms with Crippen LogP contribution in [0.5, 0.6) is 11.5 Å². The van der Waals surface area contributed by atoms with Gasteiger partial charge in [-0.25, -0.2) is 4.79 Å². The largest absolute Gasteiger partial charge is 0.454 e. The Morgan fingerprint density at radius 3 is 2.84 bits per heavy atom. The lowest BCUT2D eigenvalue weighted by Crippen LogP contribution is -2.38. The monoisotopic (exact) mass is 339 g/mol. The molecular formula is C19H17NO5. The van der Waals surface area contributed by atoms with Crippen molar-refractivity contribution < 1.29 is 23.8 Å². The van der Waals surface area contributed by atoms with Crippen LogP contribution in [-0.2, 0) is 16.0 Å². The summed E-state index contributed by atoms with van der Waals surface area (Å²) in [5.74, 6) is 0.302. The molecule has 2 aliphatic heterocycles. The average molecular weight is 339 g/mol. The number of rotatable bonds is 3. The zero-order valence-electron chi connectivity index (χ0n) is 13.7. The first-order valence-electron chi connectivity index (χ1n) is 8.10. The number of benzene rings is 2. The number of para-hydroxylation sites is 1. The van der Waals surface area contributed by atoms with Crippen LogP contribution in [0, 0.1) is 0 Å². The lowest BCUT2D eigenvalue weighted by atomic mass is 10.1. The van der Waals surface area contributed by atoms with Crippen molar-refractivity contribution in [1.29, 1.82) is 0 Å². The summed E-state index contributed by atoms with van der Waals surface area (Å²) >= 11 is 0. The van der Waals surface area contributed by atoms with Crippen molar-refractivity contribution in [3.8, 4) is 11.5 Å². The van der Waals surface area contributed by atoms with Gasteiger partial charge in [0.25, 0.3) is 5.91 Å².